The molecule has 2 heterocycles. The molecule has 1 fully saturated rings. The standard InChI is InChI=1S/C16H20ClN5O/c1-10-6-11(2)15(13(17)7-10)20-14-9-19-22-16(21-14)18-8-12-4-3-5-23-12/h6-7,9,12H,3-5,8H2,1-2H3,(H2,18,20,21,22). The highest BCUT2D eigenvalue weighted by Gasteiger charge is 2.15. The molecule has 23 heavy (non-hydrogen) atoms. The summed E-state index contributed by atoms with van der Waals surface area (Å²) in [7, 11) is 0. The molecule has 3 rings (SSSR count). The minimum absolute atomic E-state index is 0.226. The van der Waals surface area contributed by atoms with Crippen LogP contribution in [-0.4, -0.2) is 34.4 Å². The van der Waals surface area contributed by atoms with E-state index in [0.717, 1.165) is 36.3 Å². The highest BCUT2D eigenvalue weighted by molar-refractivity contribution is 6.33. The molecule has 0 amide bonds. The van der Waals surface area contributed by atoms with E-state index in [-0.39, 0.29) is 6.10 Å². The van der Waals surface area contributed by atoms with Crippen LogP contribution in [0.15, 0.2) is 18.3 Å². The third-order valence-corrected chi connectivity index (χ3v) is 4.05. The van der Waals surface area contributed by atoms with Crippen molar-refractivity contribution in [3.63, 3.8) is 0 Å². The van der Waals surface area contributed by atoms with Gasteiger partial charge in [-0.05, 0) is 43.9 Å². The maximum Gasteiger partial charge on any atom is 0.244 e. The third-order valence-electron chi connectivity index (χ3n) is 3.76. The average molecular weight is 334 g/mol. The predicted molar refractivity (Wildman–Crippen MR) is 91.5 cm³/mol. The minimum atomic E-state index is 0.226. The summed E-state index contributed by atoms with van der Waals surface area (Å²) in [6, 6.07) is 3.99. The Morgan fingerprint density at radius 1 is 1.35 bits per heavy atom. The highest BCUT2D eigenvalue weighted by atomic mass is 35.5. The molecule has 1 aromatic heterocycles. The number of halogens is 1. The second-order valence-electron chi connectivity index (χ2n) is 5.74. The van der Waals surface area contributed by atoms with E-state index in [1.807, 2.05) is 19.9 Å². The van der Waals surface area contributed by atoms with Crippen molar-refractivity contribution in [2.24, 2.45) is 0 Å². The molecule has 1 atom stereocenters. The van der Waals surface area contributed by atoms with Gasteiger partial charge in [-0.2, -0.15) is 10.1 Å². The summed E-state index contributed by atoms with van der Waals surface area (Å²) in [5, 5.41) is 15.0. The van der Waals surface area contributed by atoms with Crippen LogP contribution in [0.3, 0.4) is 0 Å². The Morgan fingerprint density at radius 2 is 2.22 bits per heavy atom. The van der Waals surface area contributed by atoms with Gasteiger partial charge in [0.15, 0.2) is 5.82 Å². The molecular formula is C16H20ClN5O. The van der Waals surface area contributed by atoms with Crippen LogP contribution in [-0.2, 0) is 4.74 Å². The summed E-state index contributed by atoms with van der Waals surface area (Å²) in [5.74, 6) is 1.08. The Kier molecular flexibility index (Phi) is 4.93. The fourth-order valence-electron chi connectivity index (χ4n) is 2.65. The van der Waals surface area contributed by atoms with Crippen molar-refractivity contribution in [1.82, 2.24) is 15.2 Å². The Bertz CT molecular complexity index is 665. The number of aryl methyl sites for hydroxylation is 2. The summed E-state index contributed by atoms with van der Waals surface area (Å²) in [5.41, 5.74) is 3.02. The molecule has 0 radical (unpaired) electrons. The number of anilines is 3. The van der Waals surface area contributed by atoms with Crippen molar-refractivity contribution in [1.29, 1.82) is 0 Å². The molecule has 122 valence electrons. The number of hydrogen-bond donors (Lipinski definition) is 2. The van der Waals surface area contributed by atoms with Gasteiger partial charge in [0.2, 0.25) is 5.95 Å². The van der Waals surface area contributed by atoms with Crippen molar-refractivity contribution < 1.29 is 4.74 Å². The van der Waals surface area contributed by atoms with Crippen LogP contribution in [0.5, 0.6) is 0 Å². The Morgan fingerprint density at radius 3 is 2.96 bits per heavy atom. The molecule has 0 aliphatic carbocycles. The van der Waals surface area contributed by atoms with Crippen LogP contribution in [0.25, 0.3) is 0 Å². The normalized spacial score (nSPS) is 17.3. The van der Waals surface area contributed by atoms with E-state index in [2.05, 4.69) is 31.9 Å². The molecule has 0 bridgehead atoms. The van der Waals surface area contributed by atoms with Gasteiger partial charge < -0.3 is 15.4 Å². The zero-order chi connectivity index (χ0) is 16.2. The average Bonchev–Trinajstić information content (AvgIpc) is 3.03. The second-order valence-corrected chi connectivity index (χ2v) is 6.15. The summed E-state index contributed by atoms with van der Waals surface area (Å²) < 4.78 is 5.57. The van der Waals surface area contributed by atoms with Crippen molar-refractivity contribution >= 4 is 29.1 Å². The van der Waals surface area contributed by atoms with Gasteiger partial charge in [0.25, 0.3) is 0 Å². The summed E-state index contributed by atoms with van der Waals surface area (Å²) in [6.45, 7) is 5.54. The predicted octanol–water partition coefficient (Wildman–Crippen LogP) is 3.48. The molecule has 1 aliphatic rings. The van der Waals surface area contributed by atoms with E-state index < -0.39 is 0 Å². The third kappa shape index (κ3) is 4.09. The summed E-state index contributed by atoms with van der Waals surface area (Å²) in [4.78, 5) is 4.42. The molecule has 0 saturated carbocycles. The fourth-order valence-corrected chi connectivity index (χ4v) is 3.02. The largest absolute Gasteiger partial charge is 0.376 e. The Balaban J connectivity index is 1.70. The van der Waals surface area contributed by atoms with Crippen LogP contribution in [0.1, 0.15) is 24.0 Å². The van der Waals surface area contributed by atoms with Crippen LogP contribution >= 0.6 is 11.6 Å². The van der Waals surface area contributed by atoms with Gasteiger partial charge in [0.1, 0.15) is 0 Å². The number of nitrogens with one attached hydrogen (secondary N) is 2. The van der Waals surface area contributed by atoms with Gasteiger partial charge in [0, 0.05) is 13.2 Å². The van der Waals surface area contributed by atoms with E-state index in [4.69, 9.17) is 16.3 Å². The molecule has 6 nitrogen and oxygen atoms in total. The summed E-state index contributed by atoms with van der Waals surface area (Å²) in [6.07, 6.45) is 3.98. The first kappa shape index (κ1) is 16.0. The van der Waals surface area contributed by atoms with Crippen molar-refractivity contribution in [2.45, 2.75) is 32.8 Å². The fraction of sp³-hybridized carbons (Fsp3) is 0.438. The number of rotatable bonds is 5. The topological polar surface area (TPSA) is 72.0 Å². The maximum atomic E-state index is 6.31. The number of hydrogen-bond acceptors (Lipinski definition) is 6. The van der Waals surface area contributed by atoms with Crippen LogP contribution < -0.4 is 10.6 Å². The Labute approximate surface area is 140 Å². The molecule has 1 aromatic carbocycles. The zero-order valence-electron chi connectivity index (χ0n) is 13.3. The van der Waals surface area contributed by atoms with Gasteiger partial charge in [-0.25, -0.2) is 0 Å². The molecule has 2 N–H and O–H groups in total. The first-order valence-electron chi connectivity index (χ1n) is 7.71. The number of aromatic nitrogens is 3. The molecular weight excluding hydrogens is 314 g/mol. The maximum absolute atomic E-state index is 6.31. The summed E-state index contributed by atoms with van der Waals surface area (Å²) >= 11 is 6.31. The van der Waals surface area contributed by atoms with Crippen LogP contribution in [0, 0.1) is 13.8 Å². The molecule has 1 aliphatic heterocycles. The van der Waals surface area contributed by atoms with Crippen molar-refractivity contribution in [2.75, 3.05) is 23.8 Å². The highest BCUT2D eigenvalue weighted by Crippen LogP contribution is 2.29. The monoisotopic (exact) mass is 333 g/mol. The van der Waals surface area contributed by atoms with Crippen LogP contribution in [0.2, 0.25) is 5.02 Å². The lowest BCUT2D eigenvalue weighted by molar-refractivity contribution is 0.120. The van der Waals surface area contributed by atoms with E-state index in [0.29, 0.717) is 23.3 Å². The second kappa shape index (κ2) is 7.10. The zero-order valence-corrected chi connectivity index (χ0v) is 14.0. The van der Waals surface area contributed by atoms with E-state index >= 15 is 0 Å². The number of ether oxygens (including phenoxy) is 1. The smallest absolute Gasteiger partial charge is 0.244 e. The lowest BCUT2D eigenvalue weighted by Crippen LogP contribution is -2.20. The SMILES string of the molecule is Cc1cc(C)c(Nc2cnnc(NCC3CCCO3)n2)c(Cl)c1. The molecule has 1 saturated heterocycles. The minimum Gasteiger partial charge on any atom is -0.376 e. The number of nitrogens with zero attached hydrogens (tertiary/aromatic N) is 3. The lowest BCUT2D eigenvalue weighted by Gasteiger charge is -2.13. The van der Waals surface area contributed by atoms with Gasteiger partial charge in [-0.1, -0.05) is 17.7 Å². The first-order chi connectivity index (χ1) is 11.1. The van der Waals surface area contributed by atoms with Crippen molar-refractivity contribution in [3.05, 3.63) is 34.5 Å². The number of benzene rings is 1. The van der Waals surface area contributed by atoms with Gasteiger partial charge in [0.05, 0.1) is 23.0 Å². The van der Waals surface area contributed by atoms with E-state index in [1.165, 1.54) is 0 Å². The molecule has 7 heteroatoms. The Hall–Kier alpha value is -1.92. The molecule has 2 aromatic rings. The van der Waals surface area contributed by atoms with Gasteiger partial charge >= 0.3 is 0 Å². The first-order valence-corrected chi connectivity index (χ1v) is 8.08. The molecule has 1 unspecified atom stereocenters. The van der Waals surface area contributed by atoms with E-state index in [9.17, 15) is 0 Å². The lowest BCUT2D eigenvalue weighted by atomic mass is 10.1. The van der Waals surface area contributed by atoms with E-state index in [1.54, 1.807) is 6.20 Å². The molecule has 0 spiro atoms. The van der Waals surface area contributed by atoms with Crippen LogP contribution in [0.4, 0.5) is 17.5 Å². The quantitative estimate of drug-likeness (QED) is 0.872. The van der Waals surface area contributed by atoms with Crippen molar-refractivity contribution in [3.8, 4) is 0 Å². The van der Waals surface area contributed by atoms with Gasteiger partial charge in [-0.15, -0.1) is 5.10 Å². The van der Waals surface area contributed by atoms with Gasteiger partial charge in [-0.3, -0.25) is 0 Å².